The van der Waals surface area contributed by atoms with E-state index in [1.807, 2.05) is 24.4 Å². The molecule has 0 N–H and O–H groups in total. The Hall–Kier alpha value is -3.94. The number of anilines is 2. The van der Waals surface area contributed by atoms with E-state index in [0.29, 0.717) is 11.4 Å². The molecule has 6 rings (SSSR count). The van der Waals surface area contributed by atoms with E-state index < -0.39 is 7.36 Å². The molecule has 9 nitrogen and oxygen atoms in total. The Kier molecular flexibility index (Phi) is 6.96. The van der Waals surface area contributed by atoms with Gasteiger partial charge in [0.15, 0.2) is 7.36 Å². The minimum Gasteiger partial charge on any atom is -0.494 e. The van der Waals surface area contributed by atoms with Crippen LogP contribution in [0.4, 0.5) is 22.7 Å². The number of allylic oxidation sites excluding steroid dienone is 2. The molecule has 0 amide bonds. The van der Waals surface area contributed by atoms with Crippen molar-refractivity contribution in [1.82, 2.24) is 4.67 Å². The molecule has 0 unspecified atom stereocenters. The minimum atomic E-state index is -2.87. The van der Waals surface area contributed by atoms with Gasteiger partial charge in [0.2, 0.25) is 0 Å². The zero-order valence-corrected chi connectivity index (χ0v) is 24.8. The van der Waals surface area contributed by atoms with Gasteiger partial charge in [-0.1, -0.05) is 56.7 Å². The molecule has 0 spiro atoms. The van der Waals surface area contributed by atoms with Crippen LogP contribution in [0.15, 0.2) is 93.7 Å². The predicted molar refractivity (Wildman–Crippen MR) is 166 cm³/mol. The molecule has 0 saturated carbocycles. The summed E-state index contributed by atoms with van der Waals surface area (Å²) in [4.78, 5) is 13.8. The smallest absolute Gasteiger partial charge is 0.271 e. The number of nitro benzene ring substituents is 1. The zero-order chi connectivity index (χ0) is 28.8. The molecule has 1 saturated heterocycles. The lowest BCUT2D eigenvalue weighted by Crippen LogP contribution is -2.34. The van der Waals surface area contributed by atoms with Crippen LogP contribution in [0.1, 0.15) is 38.7 Å². The number of likely N-dealkylation sites (N-methyl/N-ethyl adjacent to an activating group) is 1. The summed E-state index contributed by atoms with van der Waals surface area (Å²) in [6.45, 7) is 6.23. The number of benzene rings is 3. The number of methoxy groups -OCH3 is 1. The Balaban J connectivity index is 1.73. The molecule has 0 aromatic heterocycles. The molecular formula is C31H35N6O3P. The van der Waals surface area contributed by atoms with Gasteiger partial charge >= 0.3 is 0 Å². The Morgan fingerprint density at radius 1 is 1.00 bits per heavy atom. The van der Waals surface area contributed by atoms with Crippen molar-refractivity contribution >= 4 is 36.3 Å². The molecule has 3 heterocycles. The Labute approximate surface area is 241 Å². The second-order valence-electron chi connectivity index (χ2n) is 11.1. The first-order chi connectivity index (χ1) is 19.8. The quantitative estimate of drug-likeness (QED) is 0.176. The molecule has 3 aliphatic rings. The fourth-order valence-corrected chi connectivity index (χ4v) is 10.4. The Morgan fingerprint density at radius 2 is 1.71 bits per heavy atom. The SMILES string of the molecule is COc1ccc([N+](=O)[O-])cc1N=[P@]1(N2CCCCC2)/C(=C2/N(C)c3ccccc3C2(C)C)C=NN1c1ccccc1. The summed E-state index contributed by atoms with van der Waals surface area (Å²) in [6.07, 6.45) is 5.25. The topological polar surface area (TPSA) is 86.8 Å². The van der Waals surface area contributed by atoms with E-state index in [9.17, 15) is 10.1 Å². The zero-order valence-electron chi connectivity index (χ0n) is 23.9. The first-order valence-electron chi connectivity index (χ1n) is 14.0. The second-order valence-corrected chi connectivity index (χ2v) is 13.9. The molecule has 41 heavy (non-hydrogen) atoms. The van der Waals surface area contributed by atoms with Crippen LogP contribution in [0.2, 0.25) is 0 Å². The third-order valence-electron chi connectivity index (χ3n) is 8.32. The highest BCUT2D eigenvalue weighted by atomic mass is 31.2. The first kappa shape index (κ1) is 27.2. The van der Waals surface area contributed by atoms with Crippen molar-refractivity contribution in [3.8, 4) is 5.75 Å². The van der Waals surface area contributed by atoms with Crippen molar-refractivity contribution in [2.24, 2.45) is 9.85 Å². The highest BCUT2D eigenvalue weighted by Crippen LogP contribution is 2.71. The first-order valence-corrected chi connectivity index (χ1v) is 15.6. The molecular weight excluding hydrogens is 535 g/mol. The molecule has 1 atom stereocenters. The molecule has 3 aromatic carbocycles. The van der Waals surface area contributed by atoms with Crippen molar-refractivity contribution in [2.45, 2.75) is 38.5 Å². The van der Waals surface area contributed by atoms with Gasteiger partial charge in [-0.2, -0.15) is 5.10 Å². The number of nitrogens with zero attached hydrogens (tertiary/aromatic N) is 6. The number of hydrazone groups is 1. The molecule has 0 bridgehead atoms. The van der Waals surface area contributed by atoms with Gasteiger partial charge < -0.3 is 9.64 Å². The van der Waals surface area contributed by atoms with Crippen molar-refractivity contribution < 1.29 is 9.66 Å². The summed E-state index contributed by atoms with van der Waals surface area (Å²) in [7, 11) is 0.832. The Morgan fingerprint density at radius 3 is 2.39 bits per heavy atom. The average molecular weight is 571 g/mol. The van der Waals surface area contributed by atoms with Gasteiger partial charge in [-0.3, -0.25) is 10.1 Å². The summed E-state index contributed by atoms with van der Waals surface area (Å²) >= 11 is 0. The van der Waals surface area contributed by atoms with Gasteiger partial charge in [0.25, 0.3) is 5.69 Å². The van der Waals surface area contributed by atoms with Crippen molar-refractivity contribution in [3.63, 3.8) is 0 Å². The van der Waals surface area contributed by atoms with E-state index in [0.717, 1.165) is 54.7 Å². The van der Waals surface area contributed by atoms with Crippen molar-refractivity contribution in [3.05, 3.63) is 99.5 Å². The van der Waals surface area contributed by atoms with Crippen LogP contribution in [0.3, 0.4) is 0 Å². The van der Waals surface area contributed by atoms with Gasteiger partial charge in [0.1, 0.15) is 11.4 Å². The largest absolute Gasteiger partial charge is 0.494 e. The van der Waals surface area contributed by atoms with Gasteiger partial charge in [0.05, 0.1) is 29.2 Å². The minimum absolute atomic E-state index is 0.0207. The lowest BCUT2D eigenvalue weighted by Gasteiger charge is -2.43. The maximum atomic E-state index is 11.9. The molecule has 0 radical (unpaired) electrons. The van der Waals surface area contributed by atoms with Crippen molar-refractivity contribution in [1.29, 1.82) is 0 Å². The van der Waals surface area contributed by atoms with Crippen LogP contribution in [0.5, 0.6) is 5.75 Å². The molecule has 1 fully saturated rings. The van der Waals surface area contributed by atoms with Gasteiger partial charge in [-0.15, -0.1) is 0 Å². The van der Waals surface area contributed by atoms with Crippen LogP contribution < -0.4 is 14.4 Å². The van der Waals surface area contributed by atoms with E-state index in [4.69, 9.17) is 14.6 Å². The van der Waals surface area contributed by atoms with Crippen LogP contribution in [0.25, 0.3) is 0 Å². The molecule has 3 aliphatic heterocycles. The van der Waals surface area contributed by atoms with Crippen LogP contribution >= 0.6 is 7.36 Å². The standard InChI is InChI=1S/C31H35N6O3P/c1-31(2)25-15-9-10-16-27(25)34(3)30(31)29-22-32-36(23-13-7-5-8-14-23)41(29,35-19-11-6-12-20-35)33-26-21-24(37(38)39)17-18-28(26)40-4/h5,7-10,13-18,21-22H,6,11-12,19-20H2,1-4H3/b30-29+/t41-/m0/s1. The highest BCUT2D eigenvalue weighted by Gasteiger charge is 2.50. The van der Waals surface area contributed by atoms with Gasteiger partial charge in [0, 0.05) is 49.1 Å². The van der Waals surface area contributed by atoms with E-state index in [1.54, 1.807) is 13.2 Å². The molecule has 0 aliphatic carbocycles. The summed E-state index contributed by atoms with van der Waals surface area (Å²) in [5.74, 6) is 0.499. The lowest BCUT2D eigenvalue weighted by molar-refractivity contribution is -0.384. The fraction of sp³-hybridized carbons (Fsp3) is 0.323. The van der Waals surface area contributed by atoms with E-state index >= 15 is 0 Å². The van der Waals surface area contributed by atoms with Crippen molar-refractivity contribution in [2.75, 3.05) is 36.9 Å². The highest BCUT2D eigenvalue weighted by molar-refractivity contribution is 7.71. The van der Waals surface area contributed by atoms with Gasteiger partial charge in [-0.05, 0) is 42.7 Å². The Bertz CT molecular complexity index is 1610. The van der Waals surface area contributed by atoms with Gasteiger partial charge in [-0.25, -0.2) is 14.2 Å². The predicted octanol–water partition coefficient (Wildman–Crippen LogP) is 7.90. The number of nitro groups is 1. The monoisotopic (exact) mass is 570 g/mol. The van der Waals surface area contributed by atoms with E-state index in [-0.39, 0.29) is 16.0 Å². The number of para-hydroxylation sites is 2. The summed E-state index contributed by atoms with van der Waals surface area (Å²) < 4.78 is 15.9. The normalized spacial score (nSPS) is 23.5. The molecule has 3 aromatic rings. The number of piperidine rings is 1. The summed E-state index contributed by atoms with van der Waals surface area (Å²) in [6, 6.07) is 23.3. The number of rotatable bonds is 5. The fourth-order valence-electron chi connectivity index (χ4n) is 6.42. The third-order valence-corrected chi connectivity index (χ3v) is 11.8. The second kappa shape index (κ2) is 10.5. The molecule has 212 valence electrons. The van der Waals surface area contributed by atoms with E-state index in [2.05, 4.69) is 71.6 Å². The van der Waals surface area contributed by atoms with Crippen LogP contribution in [-0.4, -0.2) is 43.1 Å². The number of non-ortho nitro benzene ring substituents is 1. The maximum Gasteiger partial charge on any atom is 0.271 e. The average Bonchev–Trinajstić information content (AvgIpc) is 3.45. The third kappa shape index (κ3) is 4.35. The van der Waals surface area contributed by atoms with Crippen LogP contribution in [0, 0.1) is 10.1 Å². The molecule has 10 heteroatoms. The summed E-state index contributed by atoms with van der Waals surface area (Å²) in [5.41, 5.74) is 4.62. The number of hydrogen-bond acceptors (Lipinski definition) is 6. The number of hydrogen-bond donors (Lipinski definition) is 0. The maximum absolute atomic E-state index is 11.9. The van der Waals surface area contributed by atoms with E-state index in [1.165, 1.54) is 17.7 Å². The number of ether oxygens (including phenoxy) is 1. The number of fused-ring (bicyclic) bond motifs is 1. The summed E-state index contributed by atoms with van der Waals surface area (Å²) in [5, 5.41) is 18.0. The van der Waals surface area contributed by atoms with Crippen LogP contribution in [-0.2, 0) is 5.41 Å². The lowest BCUT2D eigenvalue weighted by atomic mass is 9.84.